The molecule has 3 rings (SSSR count). The smallest absolute Gasteiger partial charge is 0.191 e. The molecular formula is C14H18BrN3O2. The maximum Gasteiger partial charge on any atom is 0.191 e. The average Bonchev–Trinajstić information content (AvgIpc) is 2.81. The molecule has 0 amide bonds. The third kappa shape index (κ3) is 2.32. The number of halogens is 1. The van der Waals surface area contributed by atoms with Crippen LogP contribution >= 0.6 is 15.9 Å². The minimum absolute atomic E-state index is 0.182. The van der Waals surface area contributed by atoms with Gasteiger partial charge < -0.3 is 20.1 Å². The molecule has 5 nitrogen and oxygen atoms in total. The standard InChI is InChI=1S/C14H18BrN3O2/c1-2-3-18-11(8-17-14(18)16)9-6-10(15)13-12(7-9)19-4-5-20-13/h6-7,11H,2-5,8H2,1H3,(H2,16,17). The number of rotatable bonds is 3. The van der Waals surface area contributed by atoms with E-state index < -0.39 is 0 Å². The molecule has 0 aliphatic carbocycles. The summed E-state index contributed by atoms with van der Waals surface area (Å²) in [5.41, 5.74) is 7.13. The Bertz CT molecular complexity index is 547. The van der Waals surface area contributed by atoms with Crippen molar-refractivity contribution in [2.75, 3.05) is 26.3 Å². The Labute approximate surface area is 126 Å². The predicted molar refractivity (Wildman–Crippen MR) is 81.4 cm³/mol. The van der Waals surface area contributed by atoms with E-state index in [2.05, 4.69) is 38.8 Å². The summed E-state index contributed by atoms with van der Waals surface area (Å²) < 4.78 is 12.2. The van der Waals surface area contributed by atoms with Crippen LogP contribution in [0.1, 0.15) is 24.9 Å². The molecule has 1 atom stereocenters. The predicted octanol–water partition coefficient (Wildman–Crippen LogP) is 2.30. The lowest BCUT2D eigenvalue weighted by molar-refractivity contribution is 0.170. The van der Waals surface area contributed by atoms with Gasteiger partial charge in [0.1, 0.15) is 13.2 Å². The Kier molecular flexibility index (Phi) is 3.74. The lowest BCUT2D eigenvalue weighted by Gasteiger charge is -2.28. The number of nitrogens with two attached hydrogens (primary N) is 1. The number of hydrogen-bond donors (Lipinski definition) is 1. The molecule has 2 N–H and O–H groups in total. The van der Waals surface area contributed by atoms with Crippen molar-refractivity contribution >= 4 is 21.9 Å². The fourth-order valence-electron chi connectivity index (χ4n) is 2.65. The van der Waals surface area contributed by atoms with Crippen LogP contribution in [0.2, 0.25) is 0 Å². The summed E-state index contributed by atoms with van der Waals surface area (Å²) in [6, 6.07) is 4.30. The number of ether oxygens (including phenoxy) is 2. The largest absolute Gasteiger partial charge is 0.486 e. The number of fused-ring (bicyclic) bond motifs is 1. The van der Waals surface area contributed by atoms with Crippen LogP contribution < -0.4 is 15.2 Å². The van der Waals surface area contributed by atoms with Crippen LogP contribution in [0.5, 0.6) is 11.5 Å². The lowest BCUT2D eigenvalue weighted by atomic mass is 10.1. The van der Waals surface area contributed by atoms with Gasteiger partial charge in [-0.05, 0) is 40.0 Å². The normalized spacial score (nSPS) is 21.0. The van der Waals surface area contributed by atoms with Gasteiger partial charge in [-0.25, -0.2) is 0 Å². The zero-order valence-corrected chi connectivity index (χ0v) is 13.0. The highest BCUT2D eigenvalue weighted by atomic mass is 79.9. The minimum Gasteiger partial charge on any atom is -0.486 e. The van der Waals surface area contributed by atoms with E-state index in [-0.39, 0.29) is 6.04 Å². The van der Waals surface area contributed by atoms with Gasteiger partial charge in [0.05, 0.1) is 17.1 Å². The molecular weight excluding hydrogens is 322 g/mol. The van der Waals surface area contributed by atoms with E-state index in [9.17, 15) is 0 Å². The van der Waals surface area contributed by atoms with Gasteiger partial charge >= 0.3 is 0 Å². The number of aliphatic imine (C=N–C) groups is 1. The third-order valence-electron chi connectivity index (χ3n) is 3.57. The Balaban J connectivity index is 1.92. The SMILES string of the molecule is CCCN1C(N)=NCC1c1cc(Br)c2c(c1)OCCO2. The molecule has 2 aliphatic heterocycles. The second kappa shape index (κ2) is 5.52. The van der Waals surface area contributed by atoms with Gasteiger partial charge in [-0.15, -0.1) is 0 Å². The summed E-state index contributed by atoms with van der Waals surface area (Å²) in [5, 5.41) is 0. The van der Waals surface area contributed by atoms with E-state index >= 15 is 0 Å². The molecule has 1 aromatic rings. The van der Waals surface area contributed by atoms with Gasteiger partial charge in [-0.3, -0.25) is 4.99 Å². The molecule has 0 spiro atoms. The van der Waals surface area contributed by atoms with E-state index in [0.717, 1.165) is 34.5 Å². The topological polar surface area (TPSA) is 60.1 Å². The number of hydrogen-bond acceptors (Lipinski definition) is 5. The van der Waals surface area contributed by atoms with Crippen LogP contribution in [0.3, 0.4) is 0 Å². The molecule has 1 unspecified atom stereocenters. The Morgan fingerprint density at radius 3 is 3.00 bits per heavy atom. The van der Waals surface area contributed by atoms with Crippen molar-refractivity contribution in [3.8, 4) is 11.5 Å². The summed E-state index contributed by atoms with van der Waals surface area (Å²) in [6.07, 6.45) is 1.04. The average molecular weight is 340 g/mol. The second-order valence-electron chi connectivity index (χ2n) is 4.93. The van der Waals surface area contributed by atoms with Gasteiger partial charge in [0.2, 0.25) is 0 Å². The maximum atomic E-state index is 5.98. The lowest BCUT2D eigenvalue weighted by Crippen LogP contribution is -2.36. The summed E-state index contributed by atoms with van der Waals surface area (Å²) >= 11 is 3.56. The van der Waals surface area contributed by atoms with Gasteiger partial charge in [0.25, 0.3) is 0 Å². The summed E-state index contributed by atoms with van der Waals surface area (Å²) in [7, 11) is 0. The van der Waals surface area contributed by atoms with Crippen molar-refractivity contribution in [2.24, 2.45) is 10.7 Å². The zero-order chi connectivity index (χ0) is 14.1. The van der Waals surface area contributed by atoms with E-state index in [4.69, 9.17) is 15.2 Å². The van der Waals surface area contributed by atoms with Crippen LogP contribution in [-0.2, 0) is 0 Å². The highest BCUT2D eigenvalue weighted by Gasteiger charge is 2.29. The number of benzene rings is 1. The van der Waals surface area contributed by atoms with Crippen LogP contribution in [0.15, 0.2) is 21.6 Å². The van der Waals surface area contributed by atoms with Gasteiger partial charge in [-0.1, -0.05) is 6.92 Å². The van der Waals surface area contributed by atoms with Crippen molar-refractivity contribution in [1.29, 1.82) is 0 Å². The number of nitrogens with zero attached hydrogens (tertiary/aromatic N) is 2. The molecule has 1 aromatic carbocycles. The van der Waals surface area contributed by atoms with Crippen molar-refractivity contribution < 1.29 is 9.47 Å². The molecule has 0 saturated carbocycles. The fraction of sp³-hybridized carbons (Fsp3) is 0.500. The van der Waals surface area contributed by atoms with Gasteiger partial charge in [-0.2, -0.15) is 0 Å². The number of guanidine groups is 1. The zero-order valence-electron chi connectivity index (χ0n) is 11.4. The first-order valence-electron chi connectivity index (χ1n) is 6.86. The molecule has 6 heteroatoms. The second-order valence-corrected chi connectivity index (χ2v) is 5.79. The van der Waals surface area contributed by atoms with E-state index in [1.165, 1.54) is 0 Å². The monoisotopic (exact) mass is 339 g/mol. The highest BCUT2D eigenvalue weighted by Crippen LogP contribution is 2.41. The maximum absolute atomic E-state index is 5.98. The Morgan fingerprint density at radius 1 is 1.40 bits per heavy atom. The van der Waals surface area contributed by atoms with Gasteiger partial charge in [0, 0.05) is 6.54 Å². The van der Waals surface area contributed by atoms with E-state index in [0.29, 0.717) is 25.7 Å². The Morgan fingerprint density at radius 2 is 2.20 bits per heavy atom. The molecule has 0 bridgehead atoms. The first-order valence-corrected chi connectivity index (χ1v) is 7.65. The summed E-state index contributed by atoms with van der Waals surface area (Å²) in [4.78, 5) is 6.52. The molecule has 2 heterocycles. The first kappa shape index (κ1) is 13.5. The van der Waals surface area contributed by atoms with E-state index in [1.54, 1.807) is 0 Å². The van der Waals surface area contributed by atoms with Crippen LogP contribution in [0.4, 0.5) is 0 Å². The van der Waals surface area contributed by atoms with Crippen molar-refractivity contribution in [1.82, 2.24) is 4.90 Å². The summed E-state index contributed by atoms with van der Waals surface area (Å²) in [5.74, 6) is 2.21. The van der Waals surface area contributed by atoms with E-state index in [1.807, 2.05) is 6.07 Å². The molecule has 0 fully saturated rings. The van der Waals surface area contributed by atoms with Gasteiger partial charge in [0.15, 0.2) is 17.5 Å². The van der Waals surface area contributed by atoms with Crippen molar-refractivity contribution in [2.45, 2.75) is 19.4 Å². The first-order chi connectivity index (χ1) is 9.70. The van der Waals surface area contributed by atoms with Crippen LogP contribution in [-0.4, -0.2) is 37.2 Å². The van der Waals surface area contributed by atoms with Crippen molar-refractivity contribution in [3.05, 3.63) is 22.2 Å². The Hall–Kier alpha value is -1.43. The van der Waals surface area contributed by atoms with Crippen molar-refractivity contribution in [3.63, 3.8) is 0 Å². The molecule has 20 heavy (non-hydrogen) atoms. The molecule has 0 radical (unpaired) electrons. The molecule has 108 valence electrons. The highest BCUT2D eigenvalue weighted by molar-refractivity contribution is 9.10. The quantitative estimate of drug-likeness (QED) is 0.917. The van der Waals surface area contributed by atoms with Crippen LogP contribution in [0.25, 0.3) is 0 Å². The molecule has 2 aliphatic rings. The fourth-order valence-corrected chi connectivity index (χ4v) is 3.22. The summed E-state index contributed by atoms with van der Waals surface area (Å²) in [6.45, 7) is 4.92. The third-order valence-corrected chi connectivity index (χ3v) is 4.15. The minimum atomic E-state index is 0.182. The molecule has 0 aromatic heterocycles. The molecule has 0 saturated heterocycles. The van der Waals surface area contributed by atoms with Crippen LogP contribution in [0, 0.1) is 0 Å².